The van der Waals surface area contributed by atoms with Crippen molar-refractivity contribution < 1.29 is 9.18 Å². The average Bonchev–Trinajstić information content (AvgIpc) is 2.90. The lowest BCUT2D eigenvalue weighted by Gasteiger charge is -2.00. The molecular weight excluding hydrogens is 353 g/mol. The molecule has 0 saturated heterocycles. The van der Waals surface area contributed by atoms with Crippen molar-refractivity contribution in [1.29, 1.82) is 0 Å². The summed E-state index contributed by atoms with van der Waals surface area (Å²) in [5.74, 6) is 0.261. The zero-order valence-electron chi connectivity index (χ0n) is 11.8. The maximum atomic E-state index is 13.8. The molecule has 1 heterocycles. The highest BCUT2D eigenvalue weighted by atomic mass is 35.5. The molecule has 0 saturated carbocycles. The first-order valence-corrected chi connectivity index (χ1v) is 8.95. The van der Waals surface area contributed by atoms with Gasteiger partial charge in [-0.15, -0.1) is 0 Å². The zero-order valence-corrected chi connectivity index (χ0v) is 14.2. The summed E-state index contributed by atoms with van der Waals surface area (Å²) in [6.07, 6.45) is 1.41. The molecule has 0 bridgehead atoms. The van der Waals surface area contributed by atoms with E-state index < -0.39 is 5.82 Å². The third-order valence-electron chi connectivity index (χ3n) is 3.09. The Hall–Kier alpha value is -1.56. The van der Waals surface area contributed by atoms with Crippen LogP contribution in [0.3, 0.4) is 0 Å². The van der Waals surface area contributed by atoms with Crippen LogP contribution in [0.25, 0.3) is 6.08 Å². The van der Waals surface area contributed by atoms with Crippen molar-refractivity contribution in [3.05, 3.63) is 76.2 Å². The lowest BCUT2D eigenvalue weighted by molar-refractivity contribution is -0.107. The first-order valence-electron chi connectivity index (χ1n) is 6.77. The second-order valence-electron chi connectivity index (χ2n) is 4.71. The number of halogens is 2. The molecule has 1 aliphatic rings. The fourth-order valence-electron chi connectivity index (χ4n) is 1.96. The second kappa shape index (κ2) is 7.34. The highest BCUT2D eigenvalue weighted by Gasteiger charge is 2.23. The number of carbonyl (C=O) groups is 1. The summed E-state index contributed by atoms with van der Waals surface area (Å²) in [6.45, 7) is 0. The number of hydrogen-bond acceptors (Lipinski definition) is 4. The van der Waals surface area contributed by atoms with Crippen molar-refractivity contribution in [3.8, 4) is 0 Å². The van der Waals surface area contributed by atoms with Gasteiger partial charge in [-0.05, 0) is 35.5 Å². The highest BCUT2D eigenvalue weighted by Crippen LogP contribution is 2.33. The van der Waals surface area contributed by atoms with E-state index in [1.807, 2.05) is 30.3 Å². The summed E-state index contributed by atoms with van der Waals surface area (Å²) in [5.41, 5.74) is 1.57. The molecule has 2 nitrogen and oxygen atoms in total. The summed E-state index contributed by atoms with van der Waals surface area (Å²) in [7, 11) is 0. The molecule has 2 aromatic carbocycles. The van der Waals surface area contributed by atoms with Crippen molar-refractivity contribution in [1.82, 2.24) is 0 Å². The Kier molecular flexibility index (Phi) is 5.20. The quantitative estimate of drug-likeness (QED) is 0.685. The normalized spacial score (nSPS) is 16.0. The van der Waals surface area contributed by atoms with Gasteiger partial charge in [0, 0.05) is 11.3 Å². The summed E-state index contributed by atoms with van der Waals surface area (Å²) in [4.78, 5) is 16.3. The van der Waals surface area contributed by atoms with Gasteiger partial charge in [-0.25, -0.2) is 9.38 Å². The molecule has 0 unspecified atom stereocenters. The van der Waals surface area contributed by atoms with Crippen LogP contribution >= 0.6 is 35.1 Å². The number of carbonyl (C=O) groups excluding carboxylic acids is 1. The third kappa shape index (κ3) is 4.05. The van der Waals surface area contributed by atoms with E-state index in [0.717, 1.165) is 23.1 Å². The first-order chi connectivity index (χ1) is 11.1. The molecule has 0 radical (unpaired) electrons. The van der Waals surface area contributed by atoms with Crippen LogP contribution in [0, 0.1) is 5.82 Å². The van der Waals surface area contributed by atoms with Gasteiger partial charge in [0.05, 0.1) is 5.02 Å². The van der Waals surface area contributed by atoms with Crippen molar-refractivity contribution in [3.63, 3.8) is 0 Å². The minimum atomic E-state index is -0.469. The van der Waals surface area contributed by atoms with E-state index in [9.17, 15) is 9.18 Å². The van der Waals surface area contributed by atoms with Gasteiger partial charge >= 0.3 is 0 Å². The van der Waals surface area contributed by atoms with Gasteiger partial charge in [0.1, 0.15) is 15.9 Å². The zero-order chi connectivity index (χ0) is 16.2. The average molecular weight is 364 g/mol. The van der Waals surface area contributed by atoms with Gasteiger partial charge in [0.15, 0.2) is 0 Å². The van der Waals surface area contributed by atoms with Crippen LogP contribution in [0.2, 0.25) is 5.02 Å². The largest absolute Gasteiger partial charge is 0.279 e. The Morgan fingerprint density at radius 3 is 2.70 bits per heavy atom. The van der Waals surface area contributed by atoms with Crippen molar-refractivity contribution >= 4 is 50.7 Å². The van der Waals surface area contributed by atoms with Crippen LogP contribution in [0.4, 0.5) is 4.39 Å². The Morgan fingerprint density at radius 1 is 1.17 bits per heavy atom. The lowest BCUT2D eigenvalue weighted by atomic mass is 10.2. The number of aliphatic imine (C=N–C) groups is 1. The second-order valence-corrected chi connectivity index (χ2v) is 7.30. The van der Waals surface area contributed by atoms with Gasteiger partial charge in [0.2, 0.25) is 5.12 Å². The topological polar surface area (TPSA) is 29.4 Å². The molecule has 1 aliphatic heterocycles. The molecule has 0 fully saturated rings. The predicted octanol–water partition coefficient (Wildman–Crippen LogP) is 5.38. The summed E-state index contributed by atoms with van der Waals surface area (Å²) in [5, 5.41) is 0.0655. The van der Waals surface area contributed by atoms with Crippen LogP contribution in [-0.4, -0.2) is 9.49 Å². The molecule has 116 valence electrons. The summed E-state index contributed by atoms with van der Waals surface area (Å²) >= 11 is 8.53. The van der Waals surface area contributed by atoms with E-state index in [4.69, 9.17) is 11.6 Å². The highest BCUT2D eigenvalue weighted by molar-refractivity contribution is 8.45. The number of benzene rings is 2. The minimum absolute atomic E-state index is 0.191. The first kappa shape index (κ1) is 16.3. The monoisotopic (exact) mass is 363 g/mol. The Bertz CT molecular complexity index is 785. The van der Waals surface area contributed by atoms with E-state index in [1.165, 1.54) is 30.0 Å². The molecule has 0 spiro atoms. The SMILES string of the molecule is O=C1SC(SCc2ccccc2)=NC1=Cc1c(F)cccc1Cl. The summed E-state index contributed by atoms with van der Waals surface area (Å²) < 4.78 is 14.5. The standard InChI is InChI=1S/C17H11ClFNOS2/c18-13-7-4-8-14(19)12(13)9-15-16(21)23-17(20-15)22-10-11-5-2-1-3-6-11/h1-9H,10H2. The Balaban J connectivity index is 1.77. The molecule has 0 amide bonds. The molecule has 0 aliphatic carbocycles. The van der Waals surface area contributed by atoms with Crippen molar-refractivity contribution in [2.24, 2.45) is 4.99 Å². The van der Waals surface area contributed by atoms with E-state index in [1.54, 1.807) is 6.07 Å². The number of thioether (sulfide) groups is 2. The summed E-state index contributed by atoms with van der Waals surface area (Å²) in [6, 6.07) is 14.3. The Labute approximate surface area is 146 Å². The maximum Gasteiger partial charge on any atom is 0.244 e. The fourth-order valence-corrected chi connectivity index (χ4v) is 3.97. The van der Waals surface area contributed by atoms with E-state index in [0.29, 0.717) is 4.38 Å². The fraction of sp³-hybridized carbons (Fsp3) is 0.0588. The molecule has 0 N–H and O–H groups in total. The molecule has 23 heavy (non-hydrogen) atoms. The van der Waals surface area contributed by atoms with Gasteiger partial charge < -0.3 is 0 Å². The van der Waals surface area contributed by atoms with Crippen LogP contribution < -0.4 is 0 Å². The van der Waals surface area contributed by atoms with Gasteiger partial charge in [-0.3, -0.25) is 4.79 Å². The number of hydrogen-bond donors (Lipinski definition) is 0. The molecule has 0 atom stereocenters. The van der Waals surface area contributed by atoms with Crippen molar-refractivity contribution in [2.45, 2.75) is 5.75 Å². The molecule has 3 rings (SSSR count). The maximum absolute atomic E-state index is 13.8. The number of rotatable bonds is 3. The van der Waals surface area contributed by atoms with Gasteiger partial charge in [-0.2, -0.15) is 0 Å². The lowest BCUT2D eigenvalue weighted by Crippen LogP contribution is -1.90. The van der Waals surface area contributed by atoms with Gasteiger partial charge in [-0.1, -0.05) is 59.8 Å². The third-order valence-corrected chi connectivity index (χ3v) is 5.50. The number of nitrogens with zero attached hydrogens (tertiary/aromatic N) is 1. The van der Waals surface area contributed by atoms with Crippen LogP contribution in [0.1, 0.15) is 11.1 Å². The molecule has 6 heteroatoms. The van der Waals surface area contributed by atoms with Gasteiger partial charge in [0.25, 0.3) is 0 Å². The van der Waals surface area contributed by atoms with Crippen LogP contribution in [-0.2, 0) is 10.5 Å². The predicted molar refractivity (Wildman–Crippen MR) is 97.2 cm³/mol. The van der Waals surface area contributed by atoms with E-state index >= 15 is 0 Å². The molecule has 2 aromatic rings. The molecular formula is C17H11ClFNOS2. The van der Waals surface area contributed by atoms with Crippen LogP contribution in [0.5, 0.6) is 0 Å². The Morgan fingerprint density at radius 2 is 1.96 bits per heavy atom. The van der Waals surface area contributed by atoms with Crippen LogP contribution in [0.15, 0.2) is 59.2 Å². The van der Waals surface area contributed by atoms with E-state index in [2.05, 4.69) is 4.99 Å². The minimum Gasteiger partial charge on any atom is -0.279 e. The smallest absolute Gasteiger partial charge is 0.244 e. The van der Waals surface area contributed by atoms with Crippen molar-refractivity contribution in [2.75, 3.05) is 0 Å². The van der Waals surface area contributed by atoms with E-state index in [-0.39, 0.29) is 21.4 Å². The molecule has 0 aromatic heterocycles.